The van der Waals surface area contributed by atoms with Crippen LogP contribution in [0.2, 0.25) is 0 Å². The van der Waals surface area contributed by atoms with Crippen molar-refractivity contribution in [3.63, 3.8) is 0 Å². The predicted octanol–water partition coefficient (Wildman–Crippen LogP) is 8.86. The highest BCUT2D eigenvalue weighted by Crippen LogP contribution is 2.76. The lowest BCUT2D eigenvalue weighted by atomic mass is 9.44. The average molecular weight is 705 g/mol. The average Bonchev–Trinajstić information content (AvgIpc) is 3.72. The van der Waals surface area contributed by atoms with Crippen LogP contribution >= 0.6 is 0 Å². The van der Waals surface area contributed by atoms with Crippen LogP contribution in [-0.2, 0) is 12.8 Å². The topological polar surface area (TPSA) is 64.5 Å². The quantitative estimate of drug-likeness (QED) is 0.237. The molecule has 0 amide bonds. The molecule has 15 atom stereocenters. The van der Waals surface area contributed by atoms with E-state index in [1.54, 1.807) is 27.8 Å². The van der Waals surface area contributed by atoms with Crippen molar-refractivity contribution in [1.82, 2.24) is 10.6 Å². The molecule has 7 aliphatic carbocycles. The molecular formula is C48H68N2O2. The smallest absolute Gasteiger partial charge is 0.0696 e. The van der Waals surface area contributed by atoms with Crippen LogP contribution in [0, 0.1) is 57.7 Å². The summed E-state index contributed by atoms with van der Waals surface area (Å²) in [7, 11) is 0. The Labute approximate surface area is 314 Å². The van der Waals surface area contributed by atoms with Gasteiger partial charge in [-0.25, -0.2) is 0 Å². The van der Waals surface area contributed by atoms with Gasteiger partial charge in [-0.05, 0) is 198 Å². The van der Waals surface area contributed by atoms with E-state index in [1.807, 2.05) is 6.92 Å². The van der Waals surface area contributed by atoms with Gasteiger partial charge < -0.3 is 20.8 Å². The number of fused-ring (bicyclic) bond motifs is 7. The standard InChI is InChI=1S/C48H68N2O2/c1-28(2)35-19-39-29(3)14-38-26-44(39,5)46(24-35)11-10-33(23-46)16-31-8-7-9-32(15-31)17-36-25-47(38)12-13-48-37(21-40(36)45(48,6)50-47)18-34-20-42(49-27-30(4)51)43(52)22-41(34)48/h7-9,14-15,30,33-37,40-43,49-52H,1,10-13,16-27H2,2-6H3/t30-,33-,34+,35-,36+,37+,40-,41-,42+,43+,44-,45+,46-,47+,48-/m0/s1. The molecule has 0 radical (unpaired) electrons. The van der Waals surface area contributed by atoms with E-state index in [-0.39, 0.29) is 40.2 Å². The Morgan fingerprint density at radius 1 is 0.981 bits per heavy atom. The van der Waals surface area contributed by atoms with E-state index < -0.39 is 0 Å². The fourth-order valence-electron chi connectivity index (χ4n) is 16.9. The van der Waals surface area contributed by atoms with E-state index in [0.29, 0.717) is 41.5 Å². The van der Waals surface area contributed by atoms with Crippen LogP contribution in [0.5, 0.6) is 0 Å². The summed E-state index contributed by atoms with van der Waals surface area (Å²) < 4.78 is 0. The first-order valence-corrected chi connectivity index (χ1v) is 21.8. The molecule has 0 aromatic heterocycles. The first kappa shape index (κ1) is 34.7. The summed E-state index contributed by atoms with van der Waals surface area (Å²) >= 11 is 0. The number of aliphatic hydroxyl groups is 2. The Bertz CT molecular complexity index is 1730. The molecule has 1 aromatic rings. The van der Waals surface area contributed by atoms with Crippen molar-refractivity contribution in [2.45, 2.75) is 160 Å². The van der Waals surface area contributed by atoms with Crippen LogP contribution in [-0.4, -0.2) is 46.1 Å². The highest BCUT2D eigenvalue weighted by Gasteiger charge is 2.76. The van der Waals surface area contributed by atoms with Gasteiger partial charge in [0.15, 0.2) is 0 Å². The SMILES string of the molecule is C=C(C)[C@H]1CC2=C(C)C=C3C[C@]2(C)[C@]2(CC[C@@H](Cc4cccc(c4)C[C@@H]4C[C@]35CC[C@]36[C@H](C[C@@H]7C[C@@H](NC[C@H](C)O)[C@H](O)C[C@@H]73)C[C@@H]4[C@@]6(C)N5)C2)C1. The van der Waals surface area contributed by atoms with Crippen molar-refractivity contribution >= 4 is 0 Å². The summed E-state index contributed by atoms with van der Waals surface area (Å²) in [6, 6.07) is 10.0. The summed E-state index contributed by atoms with van der Waals surface area (Å²) in [5.41, 5.74) is 10.6. The van der Waals surface area contributed by atoms with Gasteiger partial charge in [-0.3, -0.25) is 0 Å². The van der Waals surface area contributed by atoms with Crippen LogP contribution in [0.3, 0.4) is 0 Å². The number of rotatable bonds is 4. The van der Waals surface area contributed by atoms with E-state index in [4.69, 9.17) is 5.32 Å². The summed E-state index contributed by atoms with van der Waals surface area (Å²) in [6.45, 7) is 17.3. The van der Waals surface area contributed by atoms with Gasteiger partial charge in [0.25, 0.3) is 0 Å². The van der Waals surface area contributed by atoms with Gasteiger partial charge in [-0.2, -0.15) is 0 Å². The normalized spacial score (nSPS) is 50.5. The maximum absolute atomic E-state index is 11.7. The van der Waals surface area contributed by atoms with Crippen molar-refractivity contribution in [3.05, 3.63) is 70.3 Å². The van der Waals surface area contributed by atoms with E-state index in [1.165, 1.54) is 89.0 Å². The third-order valence-corrected chi connectivity index (χ3v) is 19.0. The molecule has 2 heterocycles. The fourth-order valence-corrected chi connectivity index (χ4v) is 16.9. The predicted molar refractivity (Wildman–Crippen MR) is 211 cm³/mol. The van der Waals surface area contributed by atoms with Crippen molar-refractivity contribution in [1.29, 1.82) is 0 Å². The van der Waals surface area contributed by atoms with Crippen LogP contribution in [0.15, 0.2) is 59.2 Å². The van der Waals surface area contributed by atoms with Gasteiger partial charge >= 0.3 is 0 Å². The van der Waals surface area contributed by atoms with Crippen molar-refractivity contribution in [2.75, 3.05) is 6.54 Å². The maximum atomic E-state index is 11.7. The minimum Gasteiger partial charge on any atom is -0.392 e. The molecule has 3 spiro atoms. The Kier molecular flexibility index (Phi) is 7.79. The molecule has 52 heavy (non-hydrogen) atoms. The van der Waals surface area contributed by atoms with Crippen LogP contribution < -0.4 is 10.6 Å². The summed E-state index contributed by atoms with van der Waals surface area (Å²) in [5.74, 6) is 4.71. The number of aliphatic hydroxyl groups excluding tert-OH is 2. The lowest BCUT2D eigenvalue weighted by Gasteiger charge is -2.67. The van der Waals surface area contributed by atoms with Crippen LogP contribution in [0.1, 0.15) is 129 Å². The number of hydrogen-bond donors (Lipinski definition) is 4. The monoisotopic (exact) mass is 705 g/mol. The minimum atomic E-state index is -0.382. The van der Waals surface area contributed by atoms with E-state index in [9.17, 15) is 10.2 Å². The first-order valence-electron chi connectivity index (χ1n) is 21.8. The van der Waals surface area contributed by atoms with Gasteiger partial charge in [0.1, 0.15) is 0 Å². The van der Waals surface area contributed by atoms with Crippen LogP contribution in [0.25, 0.3) is 0 Å². The Morgan fingerprint density at radius 3 is 2.58 bits per heavy atom. The number of nitrogens with one attached hydrogen (secondary N) is 2. The summed E-state index contributed by atoms with van der Waals surface area (Å²) in [6.07, 6.45) is 20.9. The third-order valence-electron chi connectivity index (χ3n) is 19.0. The number of benzene rings is 1. The molecule has 0 unspecified atom stereocenters. The Balaban J connectivity index is 1.09. The molecule has 7 fully saturated rings. The second kappa shape index (κ2) is 11.7. The number of hydrogen-bond acceptors (Lipinski definition) is 4. The maximum Gasteiger partial charge on any atom is 0.0696 e. The number of piperidine rings is 2. The molecular weight excluding hydrogens is 637 g/mol. The second-order valence-electron chi connectivity index (χ2n) is 21.4. The molecule has 9 aliphatic rings. The van der Waals surface area contributed by atoms with E-state index >= 15 is 0 Å². The summed E-state index contributed by atoms with van der Waals surface area (Å²) in [5, 5.41) is 30.1. The first-order chi connectivity index (χ1) is 24.8. The Morgan fingerprint density at radius 2 is 1.79 bits per heavy atom. The Hall–Kier alpha value is -1.72. The largest absolute Gasteiger partial charge is 0.392 e. The van der Waals surface area contributed by atoms with Gasteiger partial charge in [0.2, 0.25) is 0 Å². The second-order valence-corrected chi connectivity index (χ2v) is 21.4. The zero-order valence-electron chi connectivity index (χ0n) is 33.1. The van der Waals surface area contributed by atoms with Crippen molar-refractivity contribution < 1.29 is 10.2 Å². The van der Waals surface area contributed by atoms with Gasteiger partial charge in [0, 0.05) is 23.7 Å². The zero-order valence-corrected chi connectivity index (χ0v) is 33.1. The molecule has 2 aliphatic heterocycles. The molecule has 9 bridgehead atoms. The highest BCUT2D eigenvalue weighted by molar-refractivity contribution is 5.47. The molecule has 282 valence electrons. The lowest BCUT2D eigenvalue weighted by Crippen LogP contribution is -2.75. The van der Waals surface area contributed by atoms with E-state index in [0.717, 1.165) is 24.7 Å². The molecule has 1 aromatic carbocycles. The van der Waals surface area contributed by atoms with Crippen LogP contribution in [0.4, 0.5) is 0 Å². The highest BCUT2D eigenvalue weighted by atomic mass is 16.3. The third kappa shape index (κ3) is 4.65. The number of allylic oxidation sites excluding steroid dienone is 4. The minimum absolute atomic E-state index is 0.0463. The summed E-state index contributed by atoms with van der Waals surface area (Å²) in [4.78, 5) is 0. The molecule has 10 rings (SSSR count). The lowest BCUT2D eigenvalue weighted by molar-refractivity contribution is -0.108. The molecule has 2 saturated heterocycles. The van der Waals surface area contributed by atoms with Gasteiger partial charge in [0.05, 0.1) is 12.2 Å². The van der Waals surface area contributed by atoms with Gasteiger partial charge in [-0.1, -0.05) is 60.6 Å². The molecule has 4 N–H and O–H groups in total. The molecule has 5 saturated carbocycles. The van der Waals surface area contributed by atoms with E-state index in [2.05, 4.69) is 69.9 Å². The zero-order chi connectivity index (χ0) is 36.0. The van der Waals surface area contributed by atoms with Gasteiger partial charge in [-0.15, -0.1) is 0 Å². The molecule has 4 nitrogen and oxygen atoms in total. The fraction of sp³-hybridized carbons (Fsp3) is 0.750. The molecule has 4 heteroatoms. The van der Waals surface area contributed by atoms with Crippen molar-refractivity contribution in [3.8, 4) is 0 Å². The van der Waals surface area contributed by atoms with Crippen molar-refractivity contribution in [2.24, 2.45) is 57.7 Å².